The number of halogens is 3. The zero-order valence-electron chi connectivity index (χ0n) is 10.6. The topological polar surface area (TPSA) is 70.3 Å². The van der Waals surface area contributed by atoms with Crippen LogP contribution in [0.5, 0.6) is 0 Å². The SMILES string of the molecule is CCOC(=O)Cc1cc(C#N)c(CO)c(C(F)(F)F)c1. The number of nitriles is 1. The lowest BCUT2D eigenvalue weighted by molar-refractivity contribution is -0.143. The Morgan fingerprint density at radius 1 is 1.45 bits per heavy atom. The molecule has 108 valence electrons. The van der Waals surface area contributed by atoms with Gasteiger partial charge in [0, 0.05) is 5.56 Å². The molecule has 1 rings (SSSR count). The quantitative estimate of drug-likeness (QED) is 0.862. The second-order valence-corrected chi connectivity index (χ2v) is 3.92. The third-order valence-corrected chi connectivity index (χ3v) is 2.55. The third-order valence-electron chi connectivity index (χ3n) is 2.55. The van der Waals surface area contributed by atoms with E-state index in [0.29, 0.717) is 0 Å². The van der Waals surface area contributed by atoms with Gasteiger partial charge >= 0.3 is 12.1 Å². The van der Waals surface area contributed by atoms with Crippen molar-refractivity contribution >= 4 is 5.97 Å². The molecule has 0 spiro atoms. The molecule has 0 heterocycles. The van der Waals surface area contributed by atoms with Gasteiger partial charge in [-0.25, -0.2) is 0 Å². The summed E-state index contributed by atoms with van der Waals surface area (Å²) in [6.07, 6.45) is -5.08. The average molecular weight is 287 g/mol. The number of benzene rings is 1. The van der Waals surface area contributed by atoms with Crippen LogP contribution in [0.2, 0.25) is 0 Å². The Labute approximate surface area is 113 Å². The third kappa shape index (κ3) is 3.71. The highest BCUT2D eigenvalue weighted by Crippen LogP contribution is 2.34. The standard InChI is InChI=1S/C13H12F3NO3/c1-2-20-12(19)5-8-3-9(6-17)10(7-18)11(4-8)13(14,15)16/h3-4,18H,2,5,7H2,1H3. The number of hydrogen-bond donors (Lipinski definition) is 1. The normalized spacial score (nSPS) is 11.0. The van der Waals surface area contributed by atoms with Crippen molar-refractivity contribution < 1.29 is 27.8 Å². The smallest absolute Gasteiger partial charge is 0.416 e. The molecule has 0 aliphatic heterocycles. The Kier molecular flexibility index (Phi) is 5.11. The molecule has 1 aromatic carbocycles. The molecule has 0 aliphatic rings. The van der Waals surface area contributed by atoms with Crippen molar-refractivity contribution in [3.63, 3.8) is 0 Å². The Morgan fingerprint density at radius 2 is 2.10 bits per heavy atom. The zero-order valence-corrected chi connectivity index (χ0v) is 10.6. The fourth-order valence-electron chi connectivity index (χ4n) is 1.74. The first kappa shape index (κ1) is 16.0. The van der Waals surface area contributed by atoms with Gasteiger partial charge in [0.25, 0.3) is 0 Å². The van der Waals surface area contributed by atoms with E-state index in [1.807, 2.05) is 0 Å². The van der Waals surface area contributed by atoms with Crippen molar-refractivity contribution in [1.29, 1.82) is 5.26 Å². The van der Waals surface area contributed by atoms with Gasteiger partial charge in [-0.2, -0.15) is 18.4 Å². The first-order chi connectivity index (χ1) is 9.33. The Balaban J connectivity index is 3.30. The summed E-state index contributed by atoms with van der Waals surface area (Å²) in [5.41, 5.74) is -1.89. The fourth-order valence-corrected chi connectivity index (χ4v) is 1.74. The molecule has 0 amide bonds. The van der Waals surface area contributed by atoms with E-state index >= 15 is 0 Å². The van der Waals surface area contributed by atoms with E-state index in [1.165, 1.54) is 0 Å². The van der Waals surface area contributed by atoms with Gasteiger partial charge in [0.1, 0.15) is 0 Å². The van der Waals surface area contributed by atoms with Crippen LogP contribution in [0.1, 0.15) is 29.2 Å². The maximum absolute atomic E-state index is 12.9. The van der Waals surface area contributed by atoms with Crippen LogP contribution in [-0.2, 0) is 28.7 Å². The van der Waals surface area contributed by atoms with E-state index in [9.17, 15) is 18.0 Å². The van der Waals surface area contributed by atoms with Gasteiger partial charge in [0.05, 0.1) is 36.8 Å². The molecule has 7 heteroatoms. The van der Waals surface area contributed by atoms with E-state index in [2.05, 4.69) is 4.74 Å². The second kappa shape index (κ2) is 6.39. The number of rotatable bonds is 4. The highest BCUT2D eigenvalue weighted by Gasteiger charge is 2.35. The molecule has 0 atom stereocenters. The highest BCUT2D eigenvalue weighted by atomic mass is 19.4. The summed E-state index contributed by atoms with van der Waals surface area (Å²) in [6, 6.07) is 3.50. The number of esters is 1. The van der Waals surface area contributed by atoms with Crippen LogP contribution in [0.25, 0.3) is 0 Å². The van der Waals surface area contributed by atoms with Crippen LogP contribution in [0.4, 0.5) is 13.2 Å². The number of carbonyl (C=O) groups excluding carboxylic acids is 1. The molecule has 0 saturated heterocycles. The van der Waals surface area contributed by atoms with E-state index in [1.54, 1.807) is 13.0 Å². The van der Waals surface area contributed by atoms with Crippen molar-refractivity contribution in [3.05, 3.63) is 34.4 Å². The predicted molar refractivity (Wildman–Crippen MR) is 62.4 cm³/mol. The summed E-state index contributed by atoms with van der Waals surface area (Å²) in [4.78, 5) is 11.3. The molecular formula is C13H12F3NO3. The summed E-state index contributed by atoms with van der Waals surface area (Å²) in [7, 11) is 0. The lowest BCUT2D eigenvalue weighted by Crippen LogP contribution is -2.14. The molecule has 0 bridgehead atoms. The fraction of sp³-hybridized carbons (Fsp3) is 0.385. The number of ether oxygens (including phenoxy) is 1. The monoisotopic (exact) mass is 287 g/mol. The molecule has 0 fully saturated rings. The minimum atomic E-state index is -4.71. The molecule has 4 nitrogen and oxygen atoms in total. The maximum Gasteiger partial charge on any atom is 0.416 e. The largest absolute Gasteiger partial charge is 0.466 e. The van der Waals surface area contributed by atoms with Crippen molar-refractivity contribution in [2.45, 2.75) is 26.1 Å². The second-order valence-electron chi connectivity index (χ2n) is 3.92. The Hall–Kier alpha value is -2.07. The van der Waals surface area contributed by atoms with Gasteiger partial charge in [0.2, 0.25) is 0 Å². The number of hydrogen-bond acceptors (Lipinski definition) is 4. The number of alkyl halides is 3. The maximum atomic E-state index is 12.9. The highest BCUT2D eigenvalue weighted by molar-refractivity contribution is 5.73. The van der Waals surface area contributed by atoms with Crippen molar-refractivity contribution in [1.82, 2.24) is 0 Å². The summed E-state index contributed by atoms with van der Waals surface area (Å²) in [5, 5.41) is 17.9. The number of aliphatic hydroxyl groups excluding tert-OH is 1. The predicted octanol–water partition coefficient (Wildman–Crippen LogP) is 2.17. The number of nitrogens with zero attached hydrogens (tertiary/aromatic N) is 1. The molecule has 20 heavy (non-hydrogen) atoms. The first-order valence-electron chi connectivity index (χ1n) is 5.73. The van der Waals surface area contributed by atoms with Crippen molar-refractivity contribution in [2.75, 3.05) is 6.61 Å². The molecule has 0 unspecified atom stereocenters. The van der Waals surface area contributed by atoms with Crippen LogP contribution in [0, 0.1) is 11.3 Å². The molecule has 1 N–H and O–H groups in total. The summed E-state index contributed by atoms with van der Waals surface area (Å²) in [5.74, 6) is -0.679. The van der Waals surface area contributed by atoms with Crippen molar-refractivity contribution in [3.8, 4) is 6.07 Å². The molecule has 1 aromatic rings. The van der Waals surface area contributed by atoms with Crippen LogP contribution < -0.4 is 0 Å². The van der Waals surface area contributed by atoms with E-state index in [0.717, 1.165) is 12.1 Å². The Bertz CT molecular complexity index is 547. The van der Waals surface area contributed by atoms with Crippen molar-refractivity contribution in [2.24, 2.45) is 0 Å². The van der Waals surface area contributed by atoms with Crippen LogP contribution in [0.15, 0.2) is 12.1 Å². The van der Waals surface area contributed by atoms with Gasteiger partial charge in [0.15, 0.2) is 0 Å². The minimum Gasteiger partial charge on any atom is -0.466 e. The van der Waals surface area contributed by atoms with E-state index in [4.69, 9.17) is 10.4 Å². The Morgan fingerprint density at radius 3 is 2.55 bits per heavy atom. The molecule has 0 saturated carbocycles. The number of aliphatic hydroxyl groups is 1. The van der Waals surface area contributed by atoms with E-state index in [-0.39, 0.29) is 24.2 Å². The average Bonchev–Trinajstić information content (AvgIpc) is 2.36. The van der Waals surface area contributed by atoms with Gasteiger partial charge in [-0.3, -0.25) is 4.79 Å². The zero-order chi connectivity index (χ0) is 15.3. The van der Waals surface area contributed by atoms with E-state index < -0.39 is 29.9 Å². The van der Waals surface area contributed by atoms with Crippen LogP contribution in [0.3, 0.4) is 0 Å². The molecule has 0 radical (unpaired) electrons. The van der Waals surface area contributed by atoms with Crippen LogP contribution in [-0.4, -0.2) is 17.7 Å². The lowest BCUT2D eigenvalue weighted by Gasteiger charge is -2.14. The lowest BCUT2D eigenvalue weighted by atomic mass is 9.97. The summed E-state index contributed by atoms with van der Waals surface area (Å²) in [6.45, 7) is 0.789. The van der Waals surface area contributed by atoms with Crippen LogP contribution >= 0.6 is 0 Å². The number of carbonyl (C=O) groups is 1. The molecule has 0 aliphatic carbocycles. The van der Waals surface area contributed by atoms with Gasteiger partial charge in [-0.05, 0) is 24.6 Å². The minimum absolute atomic E-state index is 0.0181. The first-order valence-corrected chi connectivity index (χ1v) is 5.73. The summed E-state index contributed by atoms with van der Waals surface area (Å²) >= 11 is 0. The van der Waals surface area contributed by atoms with Gasteiger partial charge in [-0.15, -0.1) is 0 Å². The summed E-state index contributed by atoms with van der Waals surface area (Å²) < 4.78 is 43.3. The van der Waals surface area contributed by atoms with Gasteiger partial charge < -0.3 is 9.84 Å². The van der Waals surface area contributed by atoms with Gasteiger partial charge in [-0.1, -0.05) is 0 Å². The molecular weight excluding hydrogens is 275 g/mol. The molecule has 0 aromatic heterocycles.